The Morgan fingerprint density at radius 1 is 1.29 bits per heavy atom. The third kappa shape index (κ3) is 2.62. The minimum atomic E-state index is -1.05. The largest absolute Gasteiger partial charge is 0.383 e. The van der Waals surface area contributed by atoms with E-state index in [1.54, 1.807) is 12.1 Å². The fourth-order valence-corrected chi connectivity index (χ4v) is 1.73. The number of hydrogen-bond donors (Lipinski definition) is 1. The number of aliphatic hydroxyl groups excluding tert-OH is 1. The molecule has 4 heteroatoms. The number of aliphatic hydroxyl groups is 1. The van der Waals surface area contributed by atoms with Gasteiger partial charge in [-0.2, -0.15) is 0 Å². The second-order valence-corrected chi connectivity index (χ2v) is 4.24. The Balaban J connectivity index is 2.39. The highest BCUT2D eigenvalue weighted by molar-refractivity contribution is 6.30. The molecule has 88 valence electrons. The van der Waals surface area contributed by atoms with Crippen molar-refractivity contribution in [2.24, 2.45) is 0 Å². The van der Waals surface area contributed by atoms with E-state index in [1.165, 1.54) is 24.4 Å². The summed E-state index contributed by atoms with van der Waals surface area (Å²) in [6.07, 6.45) is 0.474. The normalized spacial score (nSPS) is 12.5. The van der Waals surface area contributed by atoms with Gasteiger partial charge in [0.05, 0.1) is 0 Å². The van der Waals surface area contributed by atoms with E-state index in [9.17, 15) is 9.50 Å². The summed E-state index contributed by atoms with van der Waals surface area (Å²) in [6.45, 7) is 1.84. The lowest BCUT2D eigenvalue weighted by molar-refractivity contribution is 0.214. The van der Waals surface area contributed by atoms with Crippen molar-refractivity contribution in [3.63, 3.8) is 0 Å². The molecule has 0 spiro atoms. The molecule has 1 unspecified atom stereocenters. The monoisotopic (exact) mass is 251 g/mol. The number of hydrogen-bond acceptors (Lipinski definition) is 2. The first kappa shape index (κ1) is 12.0. The Hall–Kier alpha value is -1.45. The van der Waals surface area contributed by atoms with E-state index >= 15 is 0 Å². The molecule has 1 heterocycles. The maximum atomic E-state index is 13.5. The van der Waals surface area contributed by atoms with E-state index < -0.39 is 11.9 Å². The van der Waals surface area contributed by atoms with E-state index in [2.05, 4.69) is 4.98 Å². The van der Waals surface area contributed by atoms with E-state index in [1.807, 2.05) is 6.92 Å². The molecular weight excluding hydrogens is 241 g/mol. The van der Waals surface area contributed by atoms with Gasteiger partial charge in [-0.05, 0) is 31.2 Å². The number of pyridine rings is 1. The molecule has 2 rings (SSSR count). The lowest BCUT2D eigenvalue weighted by Crippen LogP contribution is -2.03. The molecule has 0 saturated carbocycles. The van der Waals surface area contributed by atoms with Crippen molar-refractivity contribution in [3.05, 3.63) is 64.2 Å². The summed E-state index contributed by atoms with van der Waals surface area (Å²) in [5.41, 5.74) is 1.53. The van der Waals surface area contributed by atoms with Crippen LogP contribution in [0, 0.1) is 12.7 Å². The Bertz CT molecular complexity index is 527. The highest BCUT2D eigenvalue weighted by Gasteiger charge is 2.15. The van der Waals surface area contributed by atoms with Gasteiger partial charge in [-0.15, -0.1) is 0 Å². The first-order valence-electron chi connectivity index (χ1n) is 5.13. The predicted octanol–water partition coefficient (Wildman–Crippen LogP) is 3.26. The van der Waals surface area contributed by atoms with Crippen LogP contribution in [0.5, 0.6) is 0 Å². The smallest absolute Gasteiger partial charge is 0.129 e. The zero-order valence-corrected chi connectivity index (χ0v) is 9.95. The van der Waals surface area contributed by atoms with Crippen LogP contribution in [0.25, 0.3) is 0 Å². The van der Waals surface area contributed by atoms with Gasteiger partial charge in [0.2, 0.25) is 0 Å². The Labute approximate surface area is 104 Å². The van der Waals surface area contributed by atoms with Gasteiger partial charge in [-0.3, -0.25) is 4.98 Å². The summed E-state index contributed by atoms with van der Waals surface area (Å²) in [6, 6.07) is 7.58. The molecule has 0 fully saturated rings. The molecular formula is C13H11ClFNO. The van der Waals surface area contributed by atoms with Crippen LogP contribution in [0.15, 0.2) is 36.5 Å². The number of rotatable bonds is 2. The molecule has 0 aliphatic heterocycles. The first-order valence-corrected chi connectivity index (χ1v) is 5.51. The summed E-state index contributed by atoms with van der Waals surface area (Å²) in [5.74, 6) is -0.484. The summed E-state index contributed by atoms with van der Waals surface area (Å²) in [7, 11) is 0. The van der Waals surface area contributed by atoms with Crippen LogP contribution < -0.4 is 0 Å². The summed E-state index contributed by atoms with van der Waals surface area (Å²) in [5, 5.41) is 10.4. The number of aromatic nitrogens is 1. The average Bonchev–Trinajstić information content (AvgIpc) is 2.32. The van der Waals surface area contributed by atoms with Crippen LogP contribution in [0.4, 0.5) is 4.39 Å². The standard InChI is InChI=1S/C13H11ClFNO/c1-8-2-3-9(7-16-8)13(17)11-6-10(14)4-5-12(11)15/h2-7,13,17H,1H3. The minimum Gasteiger partial charge on any atom is -0.383 e. The van der Waals surface area contributed by atoms with Crippen molar-refractivity contribution in [2.45, 2.75) is 13.0 Å². The van der Waals surface area contributed by atoms with Crippen molar-refractivity contribution >= 4 is 11.6 Å². The zero-order valence-electron chi connectivity index (χ0n) is 9.19. The van der Waals surface area contributed by atoms with Gasteiger partial charge in [-0.25, -0.2) is 4.39 Å². The summed E-state index contributed by atoms with van der Waals surface area (Å²) < 4.78 is 13.5. The van der Waals surface area contributed by atoms with Crippen LogP contribution in [0.3, 0.4) is 0 Å². The van der Waals surface area contributed by atoms with Gasteiger partial charge in [0.1, 0.15) is 11.9 Å². The molecule has 0 aliphatic rings. The van der Waals surface area contributed by atoms with Crippen LogP contribution >= 0.6 is 11.6 Å². The van der Waals surface area contributed by atoms with Crippen LogP contribution in [0.2, 0.25) is 5.02 Å². The summed E-state index contributed by atoms with van der Waals surface area (Å²) in [4.78, 5) is 4.06. The third-order valence-electron chi connectivity index (χ3n) is 2.50. The van der Waals surface area contributed by atoms with Crippen molar-refractivity contribution < 1.29 is 9.50 Å². The van der Waals surface area contributed by atoms with Crippen molar-refractivity contribution in [1.29, 1.82) is 0 Å². The molecule has 2 nitrogen and oxygen atoms in total. The van der Waals surface area contributed by atoms with E-state index in [-0.39, 0.29) is 5.56 Å². The topological polar surface area (TPSA) is 33.1 Å². The van der Waals surface area contributed by atoms with E-state index in [0.29, 0.717) is 10.6 Å². The molecule has 1 aromatic carbocycles. The van der Waals surface area contributed by atoms with Gasteiger partial charge in [0, 0.05) is 28.0 Å². The molecule has 17 heavy (non-hydrogen) atoms. The SMILES string of the molecule is Cc1ccc(C(O)c2cc(Cl)ccc2F)cn1. The number of nitrogens with zero attached hydrogens (tertiary/aromatic N) is 1. The zero-order chi connectivity index (χ0) is 12.4. The molecule has 0 amide bonds. The number of halogens is 2. The molecule has 1 atom stereocenters. The Morgan fingerprint density at radius 2 is 2.06 bits per heavy atom. The molecule has 2 aromatic rings. The van der Waals surface area contributed by atoms with Crippen molar-refractivity contribution in [2.75, 3.05) is 0 Å². The molecule has 1 aromatic heterocycles. The maximum Gasteiger partial charge on any atom is 0.129 e. The molecule has 0 radical (unpaired) electrons. The average molecular weight is 252 g/mol. The second kappa shape index (κ2) is 4.82. The van der Waals surface area contributed by atoms with Gasteiger partial charge >= 0.3 is 0 Å². The van der Waals surface area contributed by atoms with E-state index in [0.717, 1.165) is 5.69 Å². The van der Waals surface area contributed by atoms with Crippen LogP contribution in [-0.2, 0) is 0 Å². The predicted molar refractivity (Wildman–Crippen MR) is 64.4 cm³/mol. The number of aryl methyl sites for hydroxylation is 1. The molecule has 0 bridgehead atoms. The maximum absolute atomic E-state index is 13.5. The van der Waals surface area contributed by atoms with E-state index in [4.69, 9.17) is 11.6 Å². The molecule has 0 saturated heterocycles. The highest BCUT2D eigenvalue weighted by atomic mass is 35.5. The third-order valence-corrected chi connectivity index (χ3v) is 2.74. The fourth-order valence-electron chi connectivity index (χ4n) is 1.54. The Morgan fingerprint density at radius 3 is 2.71 bits per heavy atom. The lowest BCUT2D eigenvalue weighted by Gasteiger charge is -2.12. The van der Waals surface area contributed by atoms with Gasteiger partial charge < -0.3 is 5.11 Å². The fraction of sp³-hybridized carbons (Fsp3) is 0.154. The van der Waals surface area contributed by atoms with Crippen molar-refractivity contribution in [3.8, 4) is 0 Å². The van der Waals surface area contributed by atoms with Crippen LogP contribution in [-0.4, -0.2) is 10.1 Å². The Kier molecular flexibility index (Phi) is 3.41. The lowest BCUT2D eigenvalue weighted by atomic mass is 10.0. The van der Waals surface area contributed by atoms with Gasteiger partial charge in [0.25, 0.3) is 0 Å². The van der Waals surface area contributed by atoms with Crippen molar-refractivity contribution in [1.82, 2.24) is 4.98 Å². The quantitative estimate of drug-likeness (QED) is 0.889. The second-order valence-electron chi connectivity index (χ2n) is 3.80. The van der Waals surface area contributed by atoms with Gasteiger partial charge in [-0.1, -0.05) is 17.7 Å². The summed E-state index contributed by atoms with van der Waals surface area (Å²) >= 11 is 5.78. The number of benzene rings is 1. The molecule has 1 N–H and O–H groups in total. The molecule has 0 aliphatic carbocycles. The van der Waals surface area contributed by atoms with Gasteiger partial charge in [0.15, 0.2) is 0 Å². The minimum absolute atomic E-state index is 0.156. The first-order chi connectivity index (χ1) is 8.08. The van der Waals surface area contributed by atoms with Crippen LogP contribution in [0.1, 0.15) is 22.9 Å². The highest BCUT2D eigenvalue weighted by Crippen LogP contribution is 2.26.